The Labute approximate surface area is 121 Å². The number of piperidine rings is 1. The number of hydrogen-bond acceptors (Lipinski definition) is 4. The van der Waals surface area contributed by atoms with E-state index in [9.17, 15) is 9.59 Å². The molecular weight excluding hydrogens is 256 g/mol. The van der Waals surface area contributed by atoms with E-state index in [0.717, 1.165) is 32.4 Å². The molecular formula is C15H28N2O3. The molecule has 1 heterocycles. The van der Waals surface area contributed by atoms with Crippen LogP contribution in [0.4, 0.5) is 0 Å². The van der Waals surface area contributed by atoms with Gasteiger partial charge < -0.3 is 15.4 Å². The molecule has 2 N–H and O–H groups in total. The Balaban J connectivity index is 2.34. The molecule has 5 heteroatoms. The number of methoxy groups -OCH3 is 1. The van der Waals surface area contributed by atoms with E-state index >= 15 is 0 Å². The minimum atomic E-state index is -0.513. The largest absolute Gasteiger partial charge is 0.467 e. The summed E-state index contributed by atoms with van der Waals surface area (Å²) in [6, 6.07) is -0.513. The number of nitrogens with one attached hydrogen (secondary N) is 2. The Morgan fingerprint density at radius 2 is 1.95 bits per heavy atom. The lowest BCUT2D eigenvalue weighted by molar-refractivity contribution is -0.145. The highest BCUT2D eigenvalue weighted by molar-refractivity contribution is 5.84. The molecule has 0 unspecified atom stereocenters. The van der Waals surface area contributed by atoms with Gasteiger partial charge in [-0.2, -0.15) is 0 Å². The Morgan fingerprint density at radius 1 is 1.30 bits per heavy atom. The molecule has 1 rings (SSSR count). The number of hydrogen-bond donors (Lipinski definition) is 2. The molecule has 1 aliphatic rings. The number of rotatable bonds is 7. The van der Waals surface area contributed by atoms with Crippen LogP contribution in [0, 0.1) is 11.8 Å². The molecule has 0 aromatic heterocycles. The van der Waals surface area contributed by atoms with Gasteiger partial charge >= 0.3 is 5.97 Å². The van der Waals surface area contributed by atoms with Crippen LogP contribution in [0.3, 0.4) is 0 Å². The minimum absolute atomic E-state index is 0.0421. The molecule has 1 fully saturated rings. The van der Waals surface area contributed by atoms with Crippen molar-refractivity contribution in [3.05, 3.63) is 0 Å². The summed E-state index contributed by atoms with van der Waals surface area (Å²) in [6.45, 7) is 6.14. The van der Waals surface area contributed by atoms with E-state index in [1.54, 1.807) is 0 Å². The van der Waals surface area contributed by atoms with Gasteiger partial charge in [0, 0.05) is 6.42 Å². The molecule has 0 spiro atoms. The fourth-order valence-electron chi connectivity index (χ4n) is 2.60. The van der Waals surface area contributed by atoms with Gasteiger partial charge in [-0.15, -0.1) is 0 Å². The van der Waals surface area contributed by atoms with Crippen LogP contribution in [-0.2, 0) is 14.3 Å². The highest BCUT2D eigenvalue weighted by Crippen LogP contribution is 2.17. The van der Waals surface area contributed by atoms with Gasteiger partial charge in [0.15, 0.2) is 0 Å². The molecule has 1 saturated heterocycles. The predicted molar refractivity (Wildman–Crippen MR) is 78.2 cm³/mol. The zero-order valence-corrected chi connectivity index (χ0v) is 12.9. The quantitative estimate of drug-likeness (QED) is 0.695. The topological polar surface area (TPSA) is 67.4 Å². The second-order valence-electron chi connectivity index (χ2n) is 6.00. The normalized spacial score (nSPS) is 17.8. The van der Waals surface area contributed by atoms with Crippen LogP contribution in [-0.4, -0.2) is 38.1 Å². The number of ether oxygens (including phenoxy) is 1. The second-order valence-corrected chi connectivity index (χ2v) is 6.00. The molecule has 0 bridgehead atoms. The molecule has 5 nitrogen and oxygen atoms in total. The van der Waals surface area contributed by atoms with Crippen molar-refractivity contribution < 1.29 is 14.3 Å². The zero-order chi connectivity index (χ0) is 15.0. The van der Waals surface area contributed by atoms with Crippen molar-refractivity contribution in [2.45, 2.75) is 52.0 Å². The van der Waals surface area contributed by atoms with Crippen molar-refractivity contribution in [1.29, 1.82) is 0 Å². The molecule has 0 aliphatic carbocycles. The maximum atomic E-state index is 12.0. The van der Waals surface area contributed by atoms with Crippen molar-refractivity contribution in [3.8, 4) is 0 Å². The van der Waals surface area contributed by atoms with Crippen molar-refractivity contribution in [2.75, 3.05) is 20.2 Å². The molecule has 0 aromatic rings. The highest BCUT2D eigenvalue weighted by Gasteiger charge is 2.23. The predicted octanol–water partition coefficient (Wildman–Crippen LogP) is 1.47. The highest BCUT2D eigenvalue weighted by atomic mass is 16.5. The third-order valence-electron chi connectivity index (χ3n) is 3.77. The van der Waals surface area contributed by atoms with E-state index in [-0.39, 0.29) is 11.9 Å². The van der Waals surface area contributed by atoms with Gasteiger partial charge in [0.25, 0.3) is 0 Å². The van der Waals surface area contributed by atoms with Crippen LogP contribution in [0.15, 0.2) is 0 Å². The molecule has 1 atom stereocenters. The minimum Gasteiger partial charge on any atom is -0.467 e. The standard InChI is InChI=1S/C15H28N2O3/c1-11(2)10-13(15(19)20-3)17-14(18)5-4-12-6-8-16-9-7-12/h11-13,16H,4-10H2,1-3H3,(H,17,18)/t13-/m0/s1. The van der Waals surface area contributed by atoms with Gasteiger partial charge in [-0.25, -0.2) is 4.79 Å². The summed E-state index contributed by atoms with van der Waals surface area (Å²) in [6.07, 6.45) is 4.30. The molecule has 0 aromatic carbocycles. The van der Waals surface area contributed by atoms with E-state index in [2.05, 4.69) is 10.6 Å². The van der Waals surface area contributed by atoms with Gasteiger partial charge in [-0.05, 0) is 50.6 Å². The van der Waals surface area contributed by atoms with Gasteiger partial charge in [0.1, 0.15) is 6.04 Å². The molecule has 1 aliphatic heterocycles. The number of carbonyl (C=O) groups is 2. The van der Waals surface area contributed by atoms with Crippen molar-refractivity contribution in [3.63, 3.8) is 0 Å². The summed E-state index contributed by atoms with van der Waals surface area (Å²) in [5.74, 6) is 0.570. The van der Waals surface area contributed by atoms with Crippen LogP contribution in [0.1, 0.15) is 46.0 Å². The Kier molecular flexibility index (Phi) is 7.59. The van der Waals surface area contributed by atoms with E-state index in [1.165, 1.54) is 7.11 Å². The van der Waals surface area contributed by atoms with E-state index in [4.69, 9.17) is 4.74 Å². The Bertz CT molecular complexity index is 312. The van der Waals surface area contributed by atoms with Crippen molar-refractivity contribution in [1.82, 2.24) is 10.6 Å². The average Bonchev–Trinajstić information content (AvgIpc) is 2.44. The number of amides is 1. The fourth-order valence-corrected chi connectivity index (χ4v) is 2.60. The number of carbonyl (C=O) groups excluding carboxylic acids is 2. The molecule has 0 saturated carbocycles. The summed E-state index contributed by atoms with van der Waals surface area (Å²) >= 11 is 0. The van der Waals surface area contributed by atoms with Gasteiger partial charge in [0.05, 0.1) is 7.11 Å². The van der Waals surface area contributed by atoms with Gasteiger partial charge in [0.2, 0.25) is 5.91 Å². The van der Waals surface area contributed by atoms with Crippen LogP contribution in [0.25, 0.3) is 0 Å². The lowest BCUT2D eigenvalue weighted by Crippen LogP contribution is -2.42. The maximum Gasteiger partial charge on any atom is 0.328 e. The zero-order valence-electron chi connectivity index (χ0n) is 12.9. The van der Waals surface area contributed by atoms with E-state index in [1.807, 2.05) is 13.8 Å². The van der Waals surface area contributed by atoms with Crippen LogP contribution in [0.5, 0.6) is 0 Å². The SMILES string of the molecule is COC(=O)[C@H](CC(C)C)NC(=O)CCC1CCNCC1. The lowest BCUT2D eigenvalue weighted by atomic mass is 9.93. The first-order valence-corrected chi connectivity index (χ1v) is 7.60. The van der Waals surface area contributed by atoms with Crippen molar-refractivity contribution >= 4 is 11.9 Å². The first-order valence-electron chi connectivity index (χ1n) is 7.60. The first-order chi connectivity index (χ1) is 9.52. The smallest absolute Gasteiger partial charge is 0.328 e. The van der Waals surface area contributed by atoms with E-state index in [0.29, 0.717) is 24.7 Å². The molecule has 20 heavy (non-hydrogen) atoms. The van der Waals surface area contributed by atoms with Crippen molar-refractivity contribution in [2.24, 2.45) is 11.8 Å². The summed E-state index contributed by atoms with van der Waals surface area (Å²) < 4.78 is 4.75. The fraction of sp³-hybridized carbons (Fsp3) is 0.867. The molecule has 116 valence electrons. The average molecular weight is 284 g/mol. The molecule has 1 amide bonds. The third kappa shape index (κ3) is 6.37. The van der Waals surface area contributed by atoms with Gasteiger partial charge in [-0.1, -0.05) is 13.8 Å². The summed E-state index contributed by atoms with van der Waals surface area (Å²) in [7, 11) is 1.36. The Hall–Kier alpha value is -1.10. The van der Waals surface area contributed by atoms with Crippen LogP contribution in [0.2, 0.25) is 0 Å². The maximum absolute atomic E-state index is 12.0. The number of esters is 1. The summed E-state index contributed by atoms with van der Waals surface area (Å²) in [5, 5.41) is 6.13. The summed E-state index contributed by atoms with van der Waals surface area (Å²) in [4.78, 5) is 23.6. The van der Waals surface area contributed by atoms with Gasteiger partial charge in [-0.3, -0.25) is 4.79 Å². The van der Waals surface area contributed by atoms with Crippen LogP contribution < -0.4 is 10.6 Å². The second kappa shape index (κ2) is 8.95. The first kappa shape index (κ1) is 17.0. The monoisotopic (exact) mass is 284 g/mol. The summed E-state index contributed by atoms with van der Waals surface area (Å²) in [5.41, 5.74) is 0. The Morgan fingerprint density at radius 3 is 2.50 bits per heavy atom. The lowest BCUT2D eigenvalue weighted by Gasteiger charge is -2.23. The van der Waals surface area contributed by atoms with E-state index < -0.39 is 6.04 Å². The molecule has 0 radical (unpaired) electrons. The third-order valence-corrected chi connectivity index (χ3v) is 3.77. The van der Waals surface area contributed by atoms with Crippen LogP contribution >= 0.6 is 0 Å².